The summed E-state index contributed by atoms with van der Waals surface area (Å²) in [6.45, 7) is 0.893. The predicted octanol–water partition coefficient (Wildman–Crippen LogP) is 1.93. The molecule has 0 fully saturated rings. The van der Waals surface area contributed by atoms with E-state index < -0.39 is 25.1 Å². The van der Waals surface area contributed by atoms with Gasteiger partial charge in [-0.15, -0.1) is 5.10 Å². The van der Waals surface area contributed by atoms with Crippen molar-refractivity contribution in [3.05, 3.63) is 65.2 Å². The summed E-state index contributed by atoms with van der Waals surface area (Å²) in [5.74, 6) is 0.104. The summed E-state index contributed by atoms with van der Waals surface area (Å²) in [6, 6.07) is 11.6. The van der Waals surface area contributed by atoms with Crippen molar-refractivity contribution in [2.75, 3.05) is 0 Å². The molecule has 0 saturated carbocycles. The van der Waals surface area contributed by atoms with Gasteiger partial charge in [-0.3, -0.25) is 0 Å². The molecule has 0 aliphatic carbocycles. The third kappa shape index (κ3) is 3.49. The molecule has 1 aromatic heterocycles. The van der Waals surface area contributed by atoms with E-state index >= 15 is 0 Å². The lowest BCUT2D eigenvalue weighted by Gasteiger charge is -2.19. The molecule has 3 rings (SSSR count). The molecular formula is C17H17FN4O3. The highest BCUT2D eigenvalue weighted by molar-refractivity contribution is 5.42. The van der Waals surface area contributed by atoms with Crippen LogP contribution in [0.3, 0.4) is 0 Å². The molecule has 2 aromatic carbocycles. The fourth-order valence-electron chi connectivity index (χ4n) is 2.53. The molecule has 0 spiro atoms. The highest BCUT2D eigenvalue weighted by atomic mass is 19.1. The van der Waals surface area contributed by atoms with Crippen LogP contribution < -0.4 is 4.74 Å². The van der Waals surface area contributed by atoms with E-state index in [9.17, 15) is 14.6 Å². The Morgan fingerprint density at radius 2 is 1.76 bits per heavy atom. The lowest BCUT2D eigenvalue weighted by Crippen LogP contribution is -2.13. The Bertz CT molecular complexity index is 829. The van der Waals surface area contributed by atoms with Crippen LogP contribution in [-0.4, -0.2) is 30.4 Å². The third-order valence-corrected chi connectivity index (χ3v) is 3.70. The van der Waals surface area contributed by atoms with E-state index in [2.05, 4.69) is 15.5 Å². The number of hydrogen-bond donors (Lipinski definition) is 2. The number of halogens is 1. The molecule has 3 aromatic rings. The van der Waals surface area contributed by atoms with Crippen LogP contribution in [0.5, 0.6) is 5.75 Å². The minimum absolute atomic E-state index is 0.224. The highest BCUT2D eigenvalue weighted by Crippen LogP contribution is 2.30. The average molecular weight is 344 g/mol. The maximum atomic E-state index is 13.6. The first kappa shape index (κ1) is 17.0. The zero-order valence-electron chi connectivity index (χ0n) is 13.5. The van der Waals surface area contributed by atoms with Gasteiger partial charge < -0.3 is 14.9 Å². The van der Waals surface area contributed by atoms with Crippen molar-refractivity contribution in [3.63, 3.8) is 0 Å². The van der Waals surface area contributed by atoms with E-state index in [1.165, 1.54) is 16.8 Å². The molecule has 0 aliphatic heterocycles. The smallest absolute Gasteiger partial charge is 0.196 e. The lowest BCUT2D eigenvalue weighted by atomic mass is 10.1. The van der Waals surface area contributed by atoms with E-state index in [-0.39, 0.29) is 16.9 Å². The molecule has 0 bridgehead atoms. The second-order valence-electron chi connectivity index (χ2n) is 5.41. The SMILES string of the molecule is C[C@H](Oc1c(CO)cc(F)cc1CO)c1nnnn1-c1ccccc1. The van der Waals surface area contributed by atoms with Crippen molar-refractivity contribution >= 4 is 0 Å². The maximum Gasteiger partial charge on any atom is 0.196 e. The van der Waals surface area contributed by atoms with E-state index in [1.807, 2.05) is 30.3 Å². The Morgan fingerprint density at radius 1 is 1.12 bits per heavy atom. The molecule has 25 heavy (non-hydrogen) atoms. The Balaban J connectivity index is 1.95. The topological polar surface area (TPSA) is 93.3 Å². The van der Waals surface area contributed by atoms with Gasteiger partial charge in [-0.05, 0) is 41.6 Å². The van der Waals surface area contributed by atoms with Gasteiger partial charge in [-0.2, -0.15) is 4.68 Å². The molecule has 7 nitrogen and oxygen atoms in total. The summed E-state index contributed by atoms with van der Waals surface area (Å²) in [4.78, 5) is 0. The van der Waals surface area contributed by atoms with Crippen LogP contribution in [0.2, 0.25) is 0 Å². The number of rotatable bonds is 6. The van der Waals surface area contributed by atoms with E-state index in [4.69, 9.17) is 4.74 Å². The van der Waals surface area contributed by atoms with Crippen LogP contribution in [0.25, 0.3) is 5.69 Å². The summed E-state index contributed by atoms with van der Waals surface area (Å²) in [5, 5.41) is 30.6. The maximum absolute atomic E-state index is 13.6. The fourth-order valence-corrected chi connectivity index (χ4v) is 2.53. The molecule has 2 N–H and O–H groups in total. The average Bonchev–Trinajstić information content (AvgIpc) is 3.13. The second-order valence-corrected chi connectivity index (χ2v) is 5.41. The summed E-state index contributed by atoms with van der Waals surface area (Å²) >= 11 is 0. The van der Waals surface area contributed by atoms with Gasteiger partial charge in [0.1, 0.15) is 11.6 Å². The first-order chi connectivity index (χ1) is 12.1. The van der Waals surface area contributed by atoms with Gasteiger partial charge in [0.15, 0.2) is 11.9 Å². The molecular weight excluding hydrogens is 327 g/mol. The summed E-state index contributed by atoms with van der Waals surface area (Å²) in [7, 11) is 0. The van der Waals surface area contributed by atoms with Gasteiger partial charge in [0, 0.05) is 11.1 Å². The van der Waals surface area contributed by atoms with Crippen molar-refractivity contribution in [1.29, 1.82) is 0 Å². The summed E-state index contributed by atoms with van der Waals surface area (Å²) in [6.07, 6.45) is -0.601. The number of ether oxygens (including phenoxy) is 1. The van der Waals surface area contributed by atoms with Crippen molar-refractivity contribution in [2.45, 2.75) is 26.2 Å². The number of hydrogen-bond acceptors (Lipinski definition) is 6. The molecule has 0 saturated heterocycles. The molecule has 0 radical (unpaired) electrons. The van der Waals surface area contributed by atoms with Crippen LogP contribution in [0.4, 0.5) is 4.39 Å². The van der Waals surface area contributed by atoms with Crippen LogP contribution in [0.1, 0.15) is 30.0 Å². The molecule has 130 valence electrons. The predicted molar refractivity (Wildman–Crippen MR) is 86.4 cm³/mol. The Hall–Kier alpha value is -2.84. The molecule has 0 unspecified atom stereocenters. The zero-order valence-corrected chi connectivity index (χ0v) is 13.5. The fraction of sp³-hybridized carbons (Fsp3) is 0.235. The number of nitrogens with zero attached hydrogens (tertiary/aromatic N) is 4. The van der Waals surface area contributed by atoms with Crippen molar-refractivity contribution < 1.29 is 19.3 Å². The van der Waals surface area contributed by atoms with E-state index in [0.29, 0.717) is 5.82 Å². The van der Waals surface area contributed by atoms with Crippen LogP contribution in [0, 0.1) is 5.82 Å². The third-order valence-electron chi connectivity index (χ3n) is 3.70. The van der Waals surface area contributed by atoms with Gasteiger partial charge in [0.05, 0.1) is 18.9 Å². The van der Waals surface area contributed by atoms with Crippen molar-refractivity contribution in [3.8, 4) is 11.4 Å². The van der Waals surface area contributed by atoms with Gasteiger partial charge in [-0.1, -0.05) is 18.2 Å². The van der Waals surface area contributed by atoms with Crippen LogP contribution >= 0.6 is 0 Å². The van der Waals surface area contributed by atoms with Crippen LogP contribution in [-0.2, 0) is 13.2 Å². The number of benzene rings is 2. The number of aromatic nitrogens is 4. The number of aliphatic hydroxyl groups excluding tert-OH is 2. The number of para-hydroxylation sites is 1. The van der Waals surface area contributed by atoms with Crippen LogP contribution in [0.15, 0.2) is 42.5 Å². The van der Waals surface area contributed by atoms with Gasteiger partial charge in [0.2, 0.25) is 0 Å². The van der Waals surface area contributed by atoms with Gasteiger partial charge in [-0.25, -0.2) is 4.39 Å². The zero-order chi connectivity index (χ0) is 17.8. The summed E-state index contributed by atoms with van der Waals surface area (Å²) < 4.78 is 21.0. The van der Waals surface area contributed by atoms with Gasteiger partial charge in [0.25, 0.3) is 0 Å². The monoisotopic (exact) mass is 344 g/mol. The summed E-state index contributed by atoms with van der Waals surface area (Å²) in [5.41, 5.74) is 1.26. The Kier molecular flexibility index (Phi) is 5.01. The van der Waals surface area contributed by atoms with E-state index in [1.54, 1.807) is 6.92 Å². The Labute approximate surface area is 143 Å². The van der Waals surface area contributed by atoms with Crippen molar-refractivity contribution in [2.24, 2.45) is 0 Å². The molecule has 0 aliphatic rings. The van der Waals surface area contributed by atoms with Crippen molar-refractivity contribution in [1.82, 2.24) is 20.2 Å². The lowest BCUT2D eigenvalue weighted by molar-refractivity contribution is 0.191. The van der Waals surface area contributed by atoms with Gasteiger partial charge >= 0.3 is 0 Å². The number of tetrazole rings is 1. The molecule has 1 atom stereocenters. The number of aliphatic hydroxyl groups is 2. The largest absolute Gasteiger partial charge is 0.482 e. The Morgan fingerprint density at radius 3 is 2.36 bits per heavy atom. The minimum Gasteiger partial charge on any atom is -0.482 e. The molecule has 0 amide bonds. The molecule has 8 heteroatoms. The standard InChI is InChI=1S/C17H17FN4O3/c1-11(17-19-20-21-22(17)15-5-3-2-4-6-15)25-16-12(9-23)7-14(18)8-13(16)10-24/h2-8,11,23-24H,9-10H2,1H3/t11-/m0/s1. The second kappa shape index (κ2) is 7.37. The van der Waals surface area contributed by atoms with E-state index in [0.717, 1.165) is 5.69 Å². The first-order valence-electron chi connectivity index (χ1n) is 7.67. The normalized spacial score (nSPS) is 12.2. The quantitative estimate of drug-likeness (QED) is 0.710. The molecule has 1 heterocycles. The first-order valence-corrected chi connectivity index (χ1v) is 7.67. The minimum atomic E-state index is -0.601. The highest BCUT2D eigenvalue weighted by Gasteiger charge is 2.21.